The summed E-state index contributed by atoms with van der Waals surface area (Å²) in [5, 5.41) is 0.439. The number of hydrogen-bond acceptors (Lipinski definition) is 4. The lowest BCUT2D eigenvalue weighted by atomic mass is 10.3. The number of para-hydroxylation sites is 1. The first-order valence-electron chi connectivity index (χ1n) is 5.45. The number of thioether (sulfide) groups is 1. The first-order valence-corrected chi connectivity index (χ1v) is 7.21. The Kier molecular flexibility index (Phi) is 2.91. The van der Waals surface area contributed by atoms with E-state index in [9.17, 15) is 0 Å². The Morgan fingerprint density at radius 1 is 1.24 bits per heavy atom. The summed E-state index contributed by atoms with van der Waals surface area (Å²) in [6, 6.07) is 10.5. The van der Waals surface area contributed by atoms with Crippen LogP contribution in [0.1, 0.15) is 11.8 Å². The van der Waals surface area contributed by atoms with Crippen molar-refractivity contribution < 1.29 is 0 Å². The van der Waals surface area contributed by atoms with Gasteiger partial charge in [0.25, 0.3) is 0 Å². The third-order valence-corrected chi connectivity index (χ3v) is 4.76. The van der Waals surface area contributed by atoms with Gasteiger partial charge in [-0.1, -0.05) is 30.0 Å². The molecule has 17 heavy (non-hydrogen) atoms. The summed E-state index contributed by atoms with van der Waals surface area (Å²) in [4.78, 5) is 9.00. The Labute approximate surface area is 109 Å². The van der Waals surface area contributed by atoms with Crippen molar-refractivity contribution in [2.75, 3.05) is 4.90 Å². The van der Waals surface area contributed by atoms with Crippen LogP contribution >= 0.6 is 23.1 Å². The quantitative estimate of drug-likeness (QED) is 0.810. The standard InChI is InChI=1S/C13H12N2S2/c1-10-15(11-5-3-2-4-6-11)8-13(17-10)12-7-14-9-16-12/h2-10H,1H3. The smallest absolute Gasteiger partial charge is 0.0813 e. The van der Waals surface area contributed by atoms with Gasteiger partial charge in [-0.2, -0.15) is 0 Å². The lowest BCUT2D eigenvalue weighted by molar-refractivity contribution is 0.969. The summed E-state index contributed by atoms with van der Waals surface area (Å²) in [6.45, 7) is 2.22. The van der Waals surface area contributed by atoms with Crippen LogP contribution < -0.4 is 4.90 Å². The summed E-state index contributed by atoms with van der Waals surface area (Å²) in [7, 11) is 0. The molecule has 1 aromatic heterocycles. The first kappa shape index (κ1) is 10.9. The van der Waals surface area contributed by atoms with Gasteiger partial charge in [-0.05, 0) is 19.1 Å². The minimum atomic E-state index is 0.439. The van der Waals surface area contributed by atoms with E-state index in [1.54, 1.807) is 11.3 Å². The Hall–Kier alpha value is -1.26. The Morgan fingerprint density at radius 3 is 2.76 bits per heavy atom. The van der Waals surface area contributed by atoms with Gasteiger partial charge in [0.1, 0.15) is 0 Å². The second-order valence-electron chi connectivity index (χ2n) is 3.82. The molecule has 2 nitrogen and oxygen atoms in total. The van der Waals surface area contributed by atoms with Crippen LogP contribution in [0.4, 0.5) is 5.69 Å². The van der Waals surface area contributed by atoms with Crippen molar-refractivity contribution in [2.24, 2.45) is 0 Å². The fraction of sp³-hybridized carbons (Fsp3) is 0.154. The van der Waals surface area contributed by atoms with E-state index in [1.165, 1.54) is 15.5 Å². The number of nitrogens with zero attached hydrogens (tertiary/aromatic N) is 2. The van der Waals surface area contributed by atoms with Crippen molar-refractivity contribution in [3.63, 3.8) is 0 Å². The van der Waals surface area contributed by atoms with Crippen molar-refractivity contribution in [1.29, 1.82) is 0 Å². The Morgan fingerprint density at radius 2 is 2.06 bits per heavy atom. The molecule has 1 atom stereocenters. The van der Waals surface area contributed by atoms with Gasteiger partial charge in [-0.3, -0.25) is 4.98 Å². The number of hydrogen-bond donors (Lipinski definition) is 0. The average Bonchev–Trinajstić information content (AvgIpc) is 2.99. The van der Waals surface area contributed by atoms with E-state index in [2.05, 4.69) is 47.3 Å². The Balaban J connectivity index is 1.92. The van der Waals surface area contributed by atoms with Gasteiger partial charge in [0.05, 0.1) is 15.8 Å². The zero-order chi connectivity index (χ0) is 11.7. The number of rotatable bonds is 2. The molecule has 86 valence electrons. The molecule has 1 aliphatic rings. The van der Waals surface area contributed by atoms with Gasteiger partial charge in [-0.15, -0.1) is 11.3 Å². The highest BCUT2D eigenvalue weighted by atomic mass is 32.2. The zero-order valence-electron chi connectivity index (χ0n) is 9.41. The third-order valence-electron chi connectivity index (χ3n) is 2.68. The molecule has 0 N–H and O–H groups in total. The molecular weight excluding hydrogens is 248 g/mol. The maximum Gasteiger partial charge on any atom is 0.0813 e. The van der Waals surface area contributed by atoms with Crippen LogP contribution in [0.5, 0.6) is 0 Å². The molecule has 4 heteroatoms. The summed E-state index contributed by atoms with van der Waals surface area (Å²) in [6.07, 6.45) is 4.16. The van der Waals surface area contributed by atoms with E-state index in [0.717, 1.165) is 0 Å². The van der Waals surface area contributed by atoms with Crippen LogP contribution in [0.2, 0.25) is 0 Å². The van der Waals surface area contributed by atoms with Gasteiger partial charge in [-0.25, -0.2) is 0 Å². The molecule has 3 rings (SSSR count). The molecule has 0 bridgehead atoms. The molecule has 2 aromatic rings. The molecule has 1 aliphatic heterocycles. The third kappa shape index (κ3) is 2.10. The number of thiazole rings is 1. The molecule has 0 spiro atoms. The van der Waals surface area contributed by atoms with Crippen LogP contribution in [0.25, 0.3) is 4.91 Å². The maximum absolute atomic E-state index is 4.14. The Bertz CT molecular complexity index is 520. The molecular formula is C13H12N2S2. The van der Waals surface area contributed by atoms with E-state index in [4.69, 9.17) is 0 Å². The van der Waals surface area contributed by atoms with E-state index in [1.807, 2.05) is 29.5 Å². The van der Waals surface area contributed by atoms with Gasteiger partial charge >= 0.3 is 0 Å². The zero-order valence-corrected chi connectivity index (χ0v) is 11.0. The molecule has 0 saturated carbocycles. The average molecular weight is 260 g/mol. The molecule has 0 aliphatic carbocycles. The van der Waals surface area contributed by atoms with Crippen molar-refractivity contribution in [1.82, 2.24) is 4.98 Å². The molecule has 1 aromatic carbocycles. The fourth-order valence-electron chi connectivity index (χ4n) is 1.85. The van der Waals surface area contributed by atoms with Gasteiger partial charge in [0.15, 0.2) is 0 Å². The van der Waals surface area contributed by atoms with Crippen molar-refractivity contribution >= 4 is 33.7 Å². The second-order valence-corrected chi connectivity index (χ2v) is 6.06. The summed E-state index contributed by atoms with van der Waals surface area (Å²) >= 11 is 3.58. The molecule has 0 saturated heterocycles. The van der Waals surface area contributed by atoms with E-state index in [0.29, 0.717) is 5.37 Å². The van der Waals surface area contributed by atoms with Gasteiger partial charge in [0, 0.05) is 23.0 Å². The van der Waals surface area contributed by atoms with E-state index < -0.39 is 0 Å². The molecule has 0 radical (unpaired) electrons. The summed E-state index contributed by atoms with van der Waals surface area (Å²) < 4.78 is 0. The van der Waals surface area contributed by atoms with E-state index in [-0.39, 0.29) is 0 Å². The van der Waals surface area contributed by atoms with Gasteiger partial charge < -0.3 is 4.90 Å². The highest BCUT2D eigenvalue weighted by molar-refractivity contribution is 8.09. The minimum Gasteiger partial charge on any atom is -0.334 e. The van der Waals surface area contributed by atoms with Crippen molar-refractivity contribution in [2.45, 2.75) is 12.3 Å². The first-order chi connectivity index (χ1) is 8.34. The largest absolute Gasteiger partial charge is 0.334 e. The monoisotopic (exact) mass is 260 g/mol. The highest BCUT2D eigenvalue weighted by Gasteiger charge is 2.23. The lowest BCUT2D eigenvalue weighted by Gasteiger charge is -2.20. The molecule has 2 heterocycles. The summed E-state index contributed by atoms with van der Waals surface area (Å²) in [5.41, 5.74) is 3.12. The van der Waals surface area contributed by atoms with Crippen LogP contribution in [0, 0.1) is 0 Å². The van der Waals surface area contributed by atoms with Crippen molar-refractivity contribution in [3.05, 3.63) is 53.1 Å². The number of benzene rings is 1. The molecule has 0 fully saturated rings. The fourth-order valence-corrected chi connectivity index (χ4v) is 3.67. The van der Waals surface area contributed by atoms with Crippen LogP contribution in [0.3, 0.4) is 0 Å². The minimum absolute atomic E-state index is 0.439. The van der Waals surface area contributed by atoms with Crippen LogP contribution in [-0.2, 0) is 0 Å². The predicted octanol–water partition coefficient (Wildman–Crippen LogP) is 4.04. The van der Waals surface area contributed by atoms with E-state index >= 15 is 0 Å². The maximum atomic E-state index is 4.14. The number of anilines is 1. The SMILES string of the molecule is CC1SC(c2cncs2)=CN1c1ccccc1. The second kappa shape index (κ2) is 4.55. The summed E-state index contributed by atoms with van der Waals surface area (Å²) in [5.74, 6) is 0. The molecule has 0 amide bonds. The number of aromatic nitrogens is 1. The highest BCUT2D eigenvalue weighted by Crippen LogP contribution is 2.42. The van der Waals surface area contributed by atoms with Crippen LogP contribution in [-0.4, -0.2) is 10.4 Å². The normalized spacial score (nSPS) is 19.5. The topological polar surface area (TPSA) is 16.1 Å². The van der Waals surface area contributed by atoms with Gasteiger partial charge in [0.2, 0.25) is 0 Å². The van der Waals surface area contributed by atoms with Crippen molar-refractivity contribution in [3.8, 4) is 0 Å². The van der Waals surface area contributed by atoms with Crippen LogP contribution in [0.15, 0.2) is 48.2 Å². The molecule has 1 unspecified atom stereocenters. The predicted molar refractivity (Wildman–Crippen MR) is 76.1 cm³/mol. The lowest BCUT2D eigenvalue weighted by Crippen LogP contribution is -2.20.